The summed E-state index contributed by atoms with van der Waals surface area (Å²) in [6, 6.07) is 11.7. The molecule has 4 amide bonds. The number of nitrogens with two attached hydrogens (primary N) is 1. The molecule has 0 aliphatic carbocycles. The van der Waals surface area contributed by atoms with Crippen LogP contribution in [-0.4, -0.2) is 36.5 Å². The quantitative estimate of drug-likeness (QED) is 0.689. The Bertz CT molecular complexity index is 834. The highest BCUT2D eigenvalue weighted by atomic mass is 16.5. The molecule has 0 aliphatic rings. The van der Waals surface area contributed by atoms with E-state index in [0.29, 0.717) is 5.56 Å². The van der Waals surface area contributed by atoms with Gasteiger partial charge in [-0.05, 0) is 29.8 Å². The van der Waals surface area contributed by atoms with Crippen LogP contribution in [0.15, 0.2) is 42.5 Å². The summed E-state index contributed by atoms with van der Waals surface area (Å²) in [6.45, 7) is 0.862. The van der Waals surface area contributed by atoms with Gasteiger partial charge in [0, 0.05) is 5.56 Å². The fourth-order valence-electron chi connectivity index (χ4n) is 2.10. The van der Waals surface area contributed by atoms with E-state index in [1.165, 1.54) is 6.92 Å². The highest BCUT2D eigenvalue weighted by molar-refractivity contribution is 6.00. The topological polar surface area (TPSA) is 128 Å². The lowest BCUT2D eigenvalue weighted by molar-refractivity contribution is -0.153. The number of esters is 1. The van der Waals surface area contributed by atoms with Gasteiger partial charge >= 0.3 is 12.0 Å². The number of fused-ring (bicyclic) bond motifs is 1. The van der Waals surface area contributed by atoms with Crippen LogP contribution >= 0.6 is 0 Å². The summed E-state index contributed by atoms with van der Waals surface area (Å²) < 4.78 is 4.80. The van der Waals surface area contributed by atoms with Gasteiger partial charge in [0.05, 0.1) is 0 Å². The number of carbonyl (C=O) groups is 4. The van der Waals surface area contributed by atoms with Gasteiger partial charge in [0.2, 0.25) is 0 Å². The molecule has 0 bridgehead atoms. The van der Waals surface area contributed by atoms with Crippen molar-refractivity contribution in [2.24, 2.45) is 5.73 Å². The van der Waals surface area contributed by atoms with Crippen LogP contribution in [-0.2, 0) is 14.3 Å². The van der Waals surface area contributed by atoms with Crippen LogP contribution in [0.3, 0.4) is 0 Å². The highest BCUT2D eigenvalue weighted by Crippen LogP contribution is 2.15. The van der Waals surface area contributed by atoms with Crippen molar-refractivity contribution >= 4 is 34.6 Å². The second-order valence-corrected chi connectivity index (χ2v) is 5.23. The number of amides is 4. The van der Waals surface area contributed by atoms with E-state index in [2.05, 4.69) is 5.32 Å². The van der Waals surface area contributed by atoms with E-state index in [1.807, 2.05) is 24.3 Å². The molecule has 4 N–H and O–H groups in total. The van der Waals surface area contributed by atoms with E-state index < -0.39 is 36.5 Å². The first kappa shape index (κ1) is 17.9. The Labute approximate surface area is 143 Å². The van der Waals surface area contributed by atoms with Gasteiger partial charge in [-0.1, -0.05) is 30.3 Å². The molecule has 0 heterocycles. The molecule has 8 heteroatoms. The molecule has 2 aromatic carbocycles. The normalized spacial score (nSPS) is 11.4. The Kier molecular flexibility index (Phi) is 5.67. The number of hydrogen-bond donors (Lipinski definition) is 3. The van der Waals surface area contributed by atoms with Gasteiger partial charge in [0.15, 0.2) is 6.10 Å². The van der Waals surface area contributed by atoms with Crippen molar-refractivity contribution in [1.29, 1.82) is 0 Å². The van der Waals surface area contributed by atoms with E-state index in [9.17, 15) is 19.2 Å². The van der Waals surface area contributed by atoms with Gasteiger partial charge in [-0.25, -0.2) is 4.79 Å². The number of benzene rings is 2. The minimum atomic E-state index is -1.21. The average molecular weight is 343 g/mol. The van der Waals surface area contributed by atoms with Gasteiger partial charge < -0.3 is 15.8 Å². The number of rotatable bonds is 5. The van der Waals surface area contributed by atoms with E-state index in [4.69, 9.17) is 10.5 Å². The first-order chi connectivity index (χ1) is 11.9. The predicted molar refractivity (Wildman–Crippen MR) is 89.6 cm³/mol. The lowest BCUT2D eigenvalue weighted by atomic mass is 10.1. The Morgan fingerprint density at radius 2 is 1.76 bits per heavy atom. The summed E-state index contributed by atoms with van der Waals surface area (Å²) in [7, 11) is 0. The smallest absolute Gasteiger partial charge is 0.326 e. The molecule has 2 aromatic rings. The minimum absolute atomic E-state index is 0.394. The van der Waals surface area contributed by atoms with Crippen molar-refractivity contribution in [1.82, 2.24) is 10.6 Å². The first-order valence-corrected chi connectivity index (χ1v) is 7.43. The van der Waals surface area contributed by atoms with Crippen molar-refractivity contribution in [3.63, 3.8) is 0 Å². The Morgan fingerprint density at radius 1 is 1.08 bits per heavy atom. The first-order valence-electron chi connectivity index (χ1n) is 7.43. The lowest BCUT2D eigenvalue weighted by Crippen LogP contribution is -2.43. The fourth-order valence-corrected chi connectivity index (χ4v) is 2.10. The summed E-state index contributed by atoms with van der Waals surface area (Å²) in [4.78, 5) is 45.7. The second kappa shape index (κ2) is 7.91. The molecule has 0 saturated heterocycles. The molecule has 1 atom stereocenters. The summed E-state index contributed by atoms with van der Waals surface area (Å²) in [5, 5.41) is 6.09. The van der Waals surface area contributed by atoms with Gasteiger partial charge in [-0.2, -0.15) is 0 Å². The maximum atomic E-state index is 12.1. The zero-order valence-electron chi connectivity index (χ0n) is 13.4. The molecule has 0 saturated carbocycles. The molecule has 0 aliphatic heterocycles. The maximum absolute atomic E-state index is 12.1. The Hall–Kier alpha value is -3.42. The zero-order valence-corrected chi connectivity index (χ0v) is 13.4. The third-order valence-corrected chi connectivity index (χ3v) is 3.33. The van der Waals surface area contributed by atoms with Crippen LogP contribution in [0, 0.1) is 0 Å². The molecular weight excluding hydrogens is 326 g/mol. The third-order valence-electron chi connectivity index (χ3n) is 3.33. The van der Waals surface area contributed by atoms with Crippen molar-refractivity contribution in [2.75, 3.05) is 6.54 Å². The molecule has 0 unspecified atom stereocenters. The number of ether oxygens (including phenoxy) is 1. The molecule has 2 rings (SSSR count). The SMILES string of the molecule is C[C@@H](OC(=O)CNC(=O)c1ccc2ccccc2c1)C(=O)NC(N)=O. The summed E-state index contributed by atoms with van der Waals surface area (Å²) in [5.74, 6) is -2.11. The third kappa shape index (κ3) is 5.03. The molecule has 0 spiro atoms. The molecular formula is C17H17N3O5. The maximum Gasteiger partial charge on any atom is 0.326 e. The van der Waals surface area contributed by atoms with Crippen LogP contribution in [0.1, 0.15) is 17.3 Å². The zero-order chi connectivity index (χ0) is 18.4. The highest BCUT2D eigenvalue weighted by Gasteiger charge is 2.19. The van der Waals surface area contributed by atoms with Gasteiger partial charge in [0.25, 0.3) is 11.8 Å². The summed E-state index contributed by atoms with van der Waals surface area (Å²) >= 11 is 0. The fraction of sp³-hybridized carbons (Fsp3) is 0.176. The van der Waals surface area contributed by atoms with Crippen LogP contribution in [0.2, 0.25) is 0 Å². The van der Waals surface area contributed by atoms with Gasteiger partial charge in [-0.3, -0.25) is 19.7 Å². The largest absolute Gasteiger partial charge is 0.451 e. The summed E-state index contributed by atoms with van der Waals surface area (Å²) in [5.41, 5.74) is 5.19. The second-order valence-electron chi connectivity index (χ2n) is 5.23. The number of primary amides is 1. The number of hydrogen-bond acceptors (Lipinski definition) is 5. The minimum Gasteiger partial charge on any atom is -0.451 e. The molecule has 0 radical (unpaired) electrons. The van der Waals surface area contributed by atoms with E-state index >= 15 is 0 Å². The molecule has 8 nitrogen and oxygen atoms in total. The van der Waals surface area contributed by atoms with Crippen LogP contribution in [0.5, 0.6) is 0 Å². The molecule has 0 fully saturated rings. The van der Waals surface area contributed by atoms with Crippen molar-refractivity contribution in [3.8, 4) is 0 Å². The van der Waals surface area contributed by atoms with Crippen molar-refractivity contribution in [2.45, 2.75) is 13.0 Å². The van der Waals surface area contributed by atoms with E-state index in [-0.39, 0.29) is 0 Å². The number of carbonyl (C=O) groups excluding carboxylic acids is 4. The number of imide groups is 1. The van der Waals surface area contributed by atoms with Gasteiger partial charge in [-0.15, -0.1) is 0 Å². The molecule has 0 aromatic heterocycles. The number of urea groups is 1. The van der Waals surface area contributed by atoms with Crippen molar-refractivity contribution in [3.05, 3.63) is 48.0 Å². The predicted octanol–water partition coefficient (Wildman–Crippen LogP) is 0.696. The van der Waals surface area contributed by atoms with Crippen LogP contribution in [0.25, 0.3) is 10.8 Å². The lowest BCUT2D eigenvalue weighted by Gasteiger charge is -2.12. The number of nitrogens with one attached hydrogen (secondary N) is 2. The van der Waals surface area contributed by atoms with Crippen molar-refractivity contribution < 1.29 is 23.9 Å². The monoisotopic (exact) mass is 343 g/mol. The van der Waals surface area contributed by atoms with E-state index in [1.54, 1.807) is 23.5 Å². The van der Waals surface area contributed by atoms with Crippen LogP contribution in [0.4, 0.5) is 4.79 Å². The Balaban J connectivity index is 1.89. The van der Waals surface area contributed by atoms with Gasteiger partial charge in [0.1, 0.15) is 6.54 Å². The van der Waals surface area contributed by atoms with Crippen LogP contribution < -0.4 is 16.4 Å². The van der Waals surface area contributed by atoms with E-state index in [0.717, 1.165) is 10.8 Å². The molecule has 130 valence electrons. The molecule has 25 heavy (non-hydrogen) atoms. The Morgan fingerprint density at radius 3 is 2.44 bits per heavy atom. The standard InChI is InChI=1S/C17H17N3O5/c1-10(15(22)20-17(18)24)25-14(21)9-19-16(23)13-7-6-11-4-2-3-5-12(11)8-13/h2-8,10H,9H2,1H3,(H,19,23)(H3,18,20,22,24)/t10-/m1/s1. The summed E-state index contributed by atoms with van der Waals surface area (Å²) in [6.07, 6.45) is -1.21. The average Bonchev–Trinajstić information content (AvgIpc) is 2.58.